The SMILES string of the molecule is COc1cc2c(cc1CCC(=O)c1ccc(O)cc1)C(C)C(C)(C)O2. The molecule has 0 fully saturated rings. The zero-order valence-electron chi connectivity index (χ0n) is 15.1. The van der Waals surface area contributed by atoms with Crippen molar-refractivity contribution in [2.24, 2.45) is 0 Å². The molecule has 3 rings (SSSR count). The average Bonchev–Trinajstić information content (AvgIpc) is 2.81. The molecule has 4 heteroatoms. The summed E-state index contributed by atoms with van der Waals surface area (Å²) in [6.07, 6.45) is 0.988. The van der Waals surface area contributed by atoms with Crippen LogP contribution in [0.25, 0.3) is 0 Å². The number of phenolic OH excluding ortho intramolecular Hbond substituents is 1. The summed E-state index contributed by atoms with van der Waals surface area (Å²) in [5.74, 6) is 2.10. The number of hydrogen-bond donors (Lipinski definition) is 1. The van der Waals surface area contributed by atoms with Crippen molar-refractivity contribution < 1.29 is 19.4 Å². The highest BCUT2D eigenvalue weighted by Gasteiger charge is 2.38. The lowest BCUT2D eigenvalue weighted by molar-refractivity contribution is 0.0982. The van der Waals surface area contributed by atoms with Gasteiger partial charge in [0.2, 0.25) is 0 Å². The van der Waals surface area contributed by atoms with Gasteiger partial charge in [0.25, 0.3) is 0 Å². The maximum Gasteiger partial charge on any atom is 0.163 e. The number of Topliss-reactive ketones (excluding diaryl/α,β-unsaturated/α-hetero) is 1. The van der Waals surface area contributed by atoms with E-state index in [0.29, 0.717) is 18.4 Å². The fourth-order valence-corrected chi connectivity index (χ4v) is 3.22. The van der Waals surface area contributed by atoms with Crippen LogP contribution in [0.15, 0.2) is 36.4 Å². The van der Waals surface area contributed by atoms with Crippen molar-refractivity contribution in [2.75, 3.05) is 7.11 Å². The normalized spacial score (nSPS) is 17.7. The van der Waals surface area contributed by atoms with Crippen molar-refractivity contribution >= 4 is 5.78 Å². The lowest BCUT2D eigenvalue weighted by atomic mass is 9.87. The van der Waals surface area contributed by atoms with Gasteiger partial charge in [0.05, 0.1) is 7.11 Å². The van der Waals surface area contributed by atoms with Crippen molar-refractivity contribution in [2.45, 2.75) is 45.1 Å². The number of hydrogen-bond acceptors (Lipinski definition) is 4. The number of fused-ring (bicyclic) bond motifs is 1. The molecule has 0 aromatic heterocycles. The van der Waals surface area contributed by atoms with Crippen LogP contribution in [-0.4, -0.2) is 23.6 Å². The van der Waals surface area contributed by atoms with Crippen molar-refractivity contribution in [3.63, 3.8) is 0 Å². The fraction of sp³-hybridized carbons (Fsp3) is 0.381. The van der Waals surface area contributed by atoms with Crippen molar-refractivity contribution in [3.05, 3.63) is 53.1 Å². The Morgan fingerprint density at radius 1 is 1.24 bits per heavy atom. The molecule has 0 aliphatic carbocycles. The van der Waals surface area contributed by atoms with Crippen LogP contribution in [0.5, 0.6) is 17.2 Å². The van der Waals surface area contributed by atoms with Gasteiger partial charge in [-0.3, -0.25) is 4.79 Å². The summed E-state index contributed by atoms with van der Waals surface area (Å²) in [4.78, 5) is 12.4. The third-order valence-electron chi connectivity index (χ3n) is 5.11. The van der Waals surface area contributed by atoms with Gasteiger partial charge in [-0.15, -0.1) is 0 Å². The number of rotatable bonds is 5. The molecule has 0 radical (unpaired) electrons. The third-order valence-corrected chi connectivity index (χ3v) is 5.11. The molecule has 0 bridgehead atoms. The molecular formula is C21H24O4. The first kappa shape index (κ1) is 17.3. The molecule has 0 amide bonds. The number of aryl methyl sites for hydroxylation is 1. The number of benzene rings is 2. The van der Waals surface area contributed by atoms with Gasteiger partial charge in [-0.1, -0.05) is 6.92 Å². The number of carbonyl (C=O) groups excluding carboxylic acids is 1. The van der Waals surface area contributed by atoms with E-state index < -0.39 is 0 Å². The van der Waals surface area contributed by atoms with Gasteiger partial charge in [0.1, 0.15) is 22.8 Å². The largest absolute Gasteiger partial charge is 0.508 e. The number of carbonyl (C=O) groups is 1. The van der Waals surface area contributed by atoms with E-state index in [0.717, 1.165) is 22.6 Å². The highest BCUT2D eigenvalue weighted by Crippen LogP contribution is 2.46. The van der Waals surface area contributed by atoms with Crippen LogP contribution in [0.4, 0.5) is 0 Å². The molecule has 1 atom stereocenters. The Bertz CT molecular complexity index is 790. The number of ketones is 1. The van der Waals surface area contributed by atoms with Crippen LogP contribution in [-0.2, 0) is 6.42 Å². The molecule has 2 aromatic rings. The molecule has 1 heterocycles. The number of aromatic hydroxyl groups is 1. The zero-order chi connectivity index (χ0) is 18.2. The van der Waals surface area contributed by atoms with E-state index >= 15 is 0 Å². The summed E-state index contributed by atoms with van der Waals surface area (Å²) in [5, 5.41) is 9.33. The molecule has 1 unspecified atom stereocenters. The standard InChI is InChI=1S/C21H24O4/c1-13-17-11-15(19(24-4)12-20(17)25-21(13,2)3)7-10-18(23)14-5-8-16(22)9-6-14/h5-6,8-9,11-13,22H,7,10H2,1-4H3. The summed E-state index contributed by atoms with van der Waals surface area (Å²) in [6.45, 7) is 6.32. The van der Waals surface area contributed by atoms with Gasteiger partial charge in [-0.2, -0.15) is 0 Å². The van der Waals surface area contributed by atoms with Crippen LogP contribution < -0.4 is 9.47 Å². The van der Waals surface area contributed by atoms with Gasteiger partial charge < -0.3 is 14.6 Å². The van der Waals surface area contributed by atoms with Crippen molar-refractivity contribution in [3.8, 4) is 17.2 Å². The van der Waals surface area contributed by atoms with Crippen LogP contribution >= 0.6 is 0 Å². The summed E-state index contributed by atoms with van der Waals surface area (Å²) in [6, 6.07) is 10.4. The molecule has 0 saturated carbocycles. The van der Waals surface area contributed by atoms with E-state index in [1.54, 1.807) is 19.2 Å². The molecule has 1 aliphatic rings. The smallest absolute Gasteiger partial charge is 0.163 e. The van der Waals surface area contributed by atoms with Gasteiger partial charge in [0.15, 0.2) is 5.78 Å². The first-order valence-electron chi connectivity index (χ1n) is 8.54. The zero-order valence-corrected chi connectivity index (χ0v) is 15.1. The molecule has 2 aromatic carbocycles. The number of methoxy groups -OCH3 is 1. The highest BCUT2D eigenvalue weighted by atomic mass is 16.5. The molecule has 25 heavy (non-hydrogen) atoms. The lowest BCUT2D eigenvalue weighted by Gasteiger charge is -2.22. The quantitative estimate of drug-likeness (QED) is 0.815. The Morgan fingerprint density at radius 3 is 2.56 bits per heavy atom. The summed E-state index contributed by atoms with van der Waals surface area (Å²) >= 11 is 0. The predicted molar refractivity (Wildman–Crippen MR) is 96.9 cm³/mol. The second-order valence-corrected chi connectivity index (χ2v) is 7.10. The predicted octanol–water partition coefficient (Wildman–Crippen LogP) is 4.49. The molecule has 0 spiro atoms. The van der Waals surface area contributed by atoms with Crippen LogP contribution in [0.3, 0.4) is 0 Å². The molecule has 132 valence electrons. The van der Waals surface area contributed by atoms with Crippen molar-refractivity contribution in [1.82, 2.24) is 0 Å². The van der Waals surface area contributed by atoms with Crippen LogP contribution in [0, 0.1) is 0 Å². The van der Waals surface area contributed by atoms with Crippen LogP contribution in [0.1, 0.15) is 54.6 Å². The minimum absolute atomic E-state index is 0.0483. The Hall–Kier alpha value is -2.49. The first-order chi connectivity index (χ1) is 11.8. The van der Waals surface area contributed by atoms with Crippen LogP contribution in [0.2, 0.25) is 0 Å². The monoisotopic (exact) mass is 340 g/mol. The minimum Gasteiger partial charge on any atom is -0.508 e. The van der Waals surface area contributed by atoms with Gasteiger partial charge >= 0.3 is 0 Å². The number of ether oxygens (including phenoxy) is 2. The third kappa shape index (κ3) is 3.34. The Balaban J connectivity index is 1.80. The Kier molecular flexibility index (Phi) is 4.46. The average molecular weight is 340 g/mol. The molecular weight excluding hydrogens is 316 g/mol. The van der Waals surface area contributed by atoms with Gasteiger partial charge in [0, 0.05) is 29.5 Å². The highest BCUT2D eigenvalue weighted by molar-refractivity contribution is 5.96. The second kappa shape index (κ2) is 6.43. The minimum atomic E-state index is -0.242. The summed E-state index contributed by atoms with van der Waals surface area (Å²) in [7, 11) is 1.64. The maximum atomic E-state index is 12.4. The second-order valence-electron chi connectivity index (χ2n) is 7.10. The lowest BCUT2D eigenvalue weighted by Crippen LogP contribution is -2.28. The molecule has 4 nitrogen and oxygen atoms in total. The summed E-state index contributed by atoms with van der Waals surface area (Å²) in [5.41, 5.74) is 2.54. The Labute approximate surface area is 148 Å². The molecule has 0 saturated heterocycles. The maximum absolute atomic E-state index is 12.4. The summed E-state index contributed by atoms with van der Waals surface area (Å²) < 4.78 is 11.5. The first-order valence-corrected chi connectivity index (χ1v) is 8.54. The topological polar surface area (TPSA) is 55.8 Å². The van der Waals surface area contributed by atoms with Gasteiger partial charge in [-0.05, 0) is 56.2 Å². The van der Waals surface area contributed by atoms with E-state index in [4.69, 9.17) is 9.47 Å². The van der Waals surface area contributed by atoms with E-state index in [9.17, 15) is 9.90 Å². The molecule has 1 aliphatic heterocycles. The van der Waals surface area contributed by atoms with E-state index in [-0.39, 0.29) is 23.1 Å². The van der Waals surface area contributed by atoms with Gasteiger partial charge in [-0.25, -0.2) is 0 Å². The van der Waals surface area contributed by atoms with Crippen molar-refractivity contribution in [1.29, 1.82) is 0 Å². The molecule has 1 N–H and O–H groups in total. The van der Waals surface area contributed by atoms with E-state index in [1.807, 2.05) is 6.07 Å². The Morgan fingerprint density at radius 2 is 1.92 bits per heavy atom. The number of phenols is 1. The van der Waals surface area contributed by atoms with E-state index in [1.165, 1.54) is 12.1 Å². The van der Waals surface area contributed by atoms with E-state index in [2.05, 4.69) is 26.8 Å². The fourth-order valence-electron chi connectivity index (χ4n) is 3.22.